The molecule has 19 heavy (non-hydrogen) atoms. The average molecular weight is 257 g/mol. The second-order valence-electron chi connectivity index (χ2n) is 4.40. The van der Waals surface area contributed by atoms with Gasteiger partial charge < -0.3 is 10.3 Å². The van der Waals surface area contributed by atoms with Crippen molar-refractivity contribution in [1.29, 1.82) is 0 Å². The van der Waals surface area contributed by atoms with Gasteiger partial charge in [0.25, 0.3) is 0 Å². The SMILES string of the molecule is CCn1nc(C)cc1Cn1cnc2c(N)ncnc21. The number of fused-ring (bicyclic) bond motifs is 1. The van der Waals surface area contributed by atoms with E-state index in [2.05, 4.69) is 33.0 Å². The zero-order valence-electron chi connectivity index (χ0n) is 10.9. The first-order valence-electron chi connectivity index (χ1n) is 6.13. The molecule has 0 unspecified atom stereocenters. The summed E-state index contributed by atoms with van der Waals surface area (Å²) < 4.78 is 3.93. The molecule has 0 aliphatic rings. The first-order chi connectivity index (χ1) is 9.19. The molecule has 0 radical (unpaired) electrons. The van der Waals surface area contributed by atoms with Crippen LogP contribution in [-0.4, -0.2) is 29.3 Å². The molecule has 0 saturated carbocycles. The van der Waals surface area contributed by atoms with Crippen molar-refractivity contribution in [2.24, 2.45) is 0 Å². The van der Waals surface area contributed by atoms with Crippen molar-refractivity contribution in [2.45, 2.75) is 26.9 Å². The quantitative estimate of drug-likeness (QED) is 0.755. The lowest BCUT2D eigenvalue weighted by Crippen LogP contribution is -2.07. The molecule has 3 rings (SSSR count). The molecule has 3 heterocycles. The summed E-state index contributed by atoms with van der Waals surface area (Å²) in [6.07, 6.45) is 3.19. The Kier molecular flexibility index (Phi) is 2.66. The van der Waals surface area contributed by atoms with Gasteiger partial charge in [0.1, 0.15) is 11.8 Å². The highest BCUT2D eigenvalue weighted by atomic mass is 15.3. The molecule has 0 amide bonds. The molecule has 0 aliphatic heterocycles. The van der Waals surface area contributed by atoms with E-state index in [1.165, 1.54) is 6.33 Å². The van der Waals surface area contributed by atoms with Crippen LogP contribution >= 0.6 is 0 Å². The lowest BCUT2D eigenvalue weighted by molar-refractivity contribution is 0.600. The van der Waals surface area contributed by atoms with Crippen molar-refractivity contribution in [1.82, 2.24) is 29.3 Å². The van der Waals surface area contributed by atoms with E-state index in [0.29, 0.717) is 17.9 Å². The number of hydrogen-bond donors (Lipinski definition) is 1. The summed E-state index contributed by atoms with van der Waals surface area (Å²) in [5.41, 5.74) is 9.29. The number of rotatable bonds is 3. The number of hydrogen-bond acceptors (Lipinski definition) is 5. The van der Waals surface area contributed by atoms with E-state index in [9.17, 15) is 0 Å². The van der Waals surface area contributed by atoms with Gasteiger partial charge in [-0.25, -0.2) is 15.0 Å². The highest BCUT2D eigenvalue weighted by Gasteiger charge is 2.10. The van der Waals surface area contributed by atoms with Crippen molar-refractivity contribution < 1.29 is 0 Å². The Morgan fingerprint density at radius 2 is 2.11 bits per heavy atom. The third kappa shape index (κ3) is 1.92. The third-order valence-corrected chi connectivity index (χ3v) is 3.05. The molecule has 0 bridgehead atoms. The van der Waals surface area contributed by atoms with Crippen LogP contribution in [0.25, 0.3) is 11.2 Å². The first kappa shape index (κ1) is 11.6. The van der Waals surface area contributed by atoms with Gasteiger partial charge in [0.05, 0.1) is 24.3 Å². The smallest absolute Gasteiger partial charge is 0.165 e. The van der Waals surface area contributed by atoms with Crippen LogP contribution in [0.2, 0.25) is 0 Å². The summed E-state index contributed by atoms with van der Waals surface area (Å²) in [4.78, 5) is 12.4. The Morgan fingerprint density at radius 3 is 2.89 bits per heavy atom. The topological polar surface area (TPSA) is 87.4 Å². The fraction of sp³-hybridized carbons (Fsp3) is 0.333. The number of nitrogen functional groups attached to an aromatic ring is 1. The Morgan fingerprint density at radius 1 is 1.26 bits per heavy atom. The Bertz CT molecular complexity index is 725. The first-order valence-corrected chi connectivity index (χ1v) is 6.13. The number of imidazole rings is 1. The van der Waals surface area contributed by atoms with Crippen LogP contribution in [0.5, 0.6) is 0 Å². The lowest BCUT2D eigenvalue weighted by atomic mass is 10.3. The molecule has 0 atom stereocenters. The van der Waals surface area contributed by atoms with Crippen LogP contribution < -0.4 is 5.73 Å². The van der Waals surface area contributed by atoms with Gasteiger partial charge in [-0.15, -0.1) is 0 Å². The van der Waals surface area contributed by atoms with Crippen molar-refractivity contribution in [2.75, 3.05) is 5.73 Å². The standard InChI is InChI=1S/C12H15N7/c1-3-19-9(4-8(2)17-19)5-18-7-16-10-11(13)14-6-15-12(10)18/h4,6-7H,3,5H2,1-2H3,(H2,13,14,15). The molecule has 3 aromatic heterocycles. The van der Waals surface area contributed by atoms with Crippen LogP contribution in [0.1, 0.15) is 18.3 Å². The summed E-state index contributed by atoms with van der Waals surface area (Å²) >= 11 is 0. The Hall–Kier alpha value is -2.44. The summed E-state index contributed by atoms with van der Waals surface area (Å²) in [6.45, 7) is 5.57. The minimum atomic E-state index is 0.406. The molecule has 0 fully saturated rings. The summed E-state index contributed by atoms with van der Waals surface area (Å²) in [5.74, 6) is 0.406. The normalized spacial score (nSPS) is 11.3. The molecule has 2 N–H and O–H groups in total. The van der Waals surface area contributed by atoms with Crippen LogP contribution in [0.4, 0.5) is 5.82 Å². The van der Waals surface area contributed by atoms with Crippen LogP contribution in [0.15, 0.2) is 18.7 Å². The van der Waals surface area contributed by atoms with Gasteiger partial charge in [0, 0.05) is 6.54 Å². The fourth-order valence-electron chi connectivity index (χ4n) is 2.19. The molecule has 98 valence electrons. The number of aryl methyl sites for hydroxylation is 2. The maximum absolute atomic E-state index is 5.78. The molecule has 7 nitrogen and oxygen atoms in total. The zero-order chi connectivity index (χ0) is 13.4. The van der Waals surface area contributed by atoms with E-state index in [4.69, 9.17) is 5.73 Å². The monoisotopic (exact) mass is 257 g/mol. The number of nitrogens with two attached hydrogens (primary N) is 1. The minimum Gasteiger partial charge on any atom is -0.382 e. The third-order valence-electron chi connectivity index (χ3n) is 3.05. The van der Waals surface area contributed by atoms with Gasteiger partial charge in [-0.3, -0.25) is 4.68 Å². The zero-order valence-corrected chi connectivity index (χ0v) is 10.9. The predicted molar refractivity (Wildman–Crippen MR) is 71.5 cm³/mol. The average Bonchev–Trinajstić information content (AvgIpc) is 2.95. The van der Waals surface area contributed by atoms with E-state index >= 15 is 0 Å². The largest absolute Gasteiger partial charge is 0.382 e. The summed E-state index contributed by atoms with van der Waals surface area (Å²) in [6, 6.07) is 2.07. The predicted octanol–water partition coefficient (Wildman–Crippen LogP) is 0.982. The van der Waals surface area contributed by atoms with Crippen molar-refractivity contribution in [3.8, 4) is 0 Å². The van der Waals surface area contributed by atoms with E-state index < -0.39 is 0 Å². The van der Waals surface area contributed by atoms with E-state index in [0.717, 1.165) is 23.6 Å². The van der Waals surface area contributed by atoms with Gasteiger partial charge in [-0.2, -0.15) is 5.10 Å². The van der Waals surface area contributed by atoms with Gasteiger partial charge in [0.15, 0.2) is 11.5 Å². The maximum Gasteiger partial charge on any atom is 0.165 e. The number of anilines is 1. The Labute approximate surface area is 110 Å². The Balaban J connectivity index is 2.03. The lowest BCUT2D eigenvalue weighted by Gasteiger charge is -2.06. The molecule has 0 aliphatic carbocycles. The molecule has 7 heteroatoms. The van der Waals surface area contributed by atoms with Crippen LogP contribution in [0.3, 0.4) is 0 Å². The van der Waals surface area contributed by atoms with E-state index in [-0.39, 0.29) is 0 Å². The molecule has 0 aromatic carbocycles. The molecule has 0 spiro atoms. The van der Waals surface area contributed by atoms with Crippen molar-refractivity contribution in [3.63, 3.8) is 0 Å². The van der Waals surface area contributed by atoms with Crippen LogP contribution in [0, 0.1) is 6.92 Å². The van der Waals surface area contributed by atoms with Gasteiger partial charge >= 0.3 is 0 Å². The van der Waals surface area contributed by atoms with Gasteiger partial charge in [0.2, 0.25) is 0 Å². The highest BCUT2D eigenvalue weighted by Crippen LogP contribution is 2.16. The summed E-state index contributed by atoms with van der Waals surface area (Å²) in [5, 5.41) is 4.43. The van der Waals surface area contributed by atoms with Crippen LogP contribution in [-0.2, 0) is 13.1 Å². The van der Waals surface area contributed by atoms with E-state index in [1.807, 2.05) is 16.2 Å². The van der Waals surface area contributed by atoms with Gasteiger partial charge in [-0.05, 0) is 19.9 Å². The minimum absolute atomic E-state index is 0.406. The summed E-state index contributed by atoms with van der Waals surface area (Å²) in [7, 11) is 0. The molecular formula is C12H15N7. The maximum atomic E-state index is 5.78. The number of aromatic nitrogens is 6. The second kappa shape index (κ2) is 4.34. The molecule has 0 saturated heterocycles. The molecule has 3 aromatic rings. The van der Waals surface area contributed by atoms with Crippen molar-refractivity contribution >= 4 is 17.0 Å². The highest BCUT2D eigenvalue weighted by molar-refractivity contribution is 5.81. The second-order valence-corrected chi connectivity index (χ2v) is 4.40. The molecular weight excluding hydrogens is 242 g/mol. The van der Waals surface area contributed by atoms with Gasteiger partial charge in [-0.1, -0.05) is 0 Å². The van der Waals surface area contributed by atoms with E-state index in [1.54, 1.807) is 6.33 Å². The van der Waals surface area contributed by atoms with Crippen molar-refractivity contribution in [3.05, 3.63) is 30.1 Å². The number of nitrogens with zero attached hydrogens (tertiary/aromatic N) is 6. The fourth-order valence-corrected chi connectivity index (χ4v) is 2.19.